The minimum atomic E-state index is -0.484. The van der Waals surface area contributed by atoms with Gasteiger partial charge in [0, 0.05) is 25.9 Å². The van der Waals surface area contributed by atoms with Crippen LogP contribution in [0, 0.1) is 18.3 Å². The molecule has 1 aliphatic heterocycles. The highest BCUT2D eigenvalue weighted by Gasteiger charge is 2.38. The molecular formula is C17H23N5O3S. The van der Waals surface area contributed by atoms with Crippen LogP contribution in [-0.2, 0) is 20.7 Å². The number of methoxy groups -OCH3 is 1. The van der Waals surface area contributed by atoms with Crippen LogP contribution in [0.25, 0.3) is 0 Å². The molecule has 0 saturated carbocycles. The van der Waals surface area contributed by atoms with Crippen LogP contribution in [0.4, 0.5) is 0 Å². The Morgan fingerprint density at radius 2 is 2.35 bits per heavy atom. The van der Waals surface area contributed by atoms with Crippen molar-refractivity contribution >= 4 is 23.6 Å². The predicted molar refractivity (Wildman–Crippen MR) is 97.9 cm³/mol. The molecule has 1 saturated heterocycles. The van der Waals surface area contributed by atoms with Crippen LogP contribution in [0.3, 0.4) is 0 Å². The first-order chi connectivity index (χ1) is 12.5. The molecule has 0 bridgehead atoms. The van der Waals surface area contributed by atoms with E-state index in [1.807, 2.05) is 19.9 Å². The number of rotatable bonds is 8. The first kappa shape index (κ1) is 20.0. The number of aromatic nitrogens is 2. The van der Waals surface area contributed by atoms with E-state index >= 15 is 0 Å². The van der Waals surface area contributed by atoms with Crippen molar-refractivity contribution in [2.75, 3.05) is 26.8 Å². The molecule has 0 radical (unpaired) electrons. The van der Waals surface area contributed by atoms with E-state index in [0.29, 0.717) is 37.6 Å². The topological polar surface area (TPSA) is 111 Å². The Bertz CT molecular complexity index is 737. The van der Waals surface area contributed by atoms with Gasteiger partial charge in [0.05, 0.1) is 23.9 Å². The zero-order chi connectivity index (χ0) is 19.1. The third-order valence-electron chi connectivity index (χ3n) is 4.08. The summed E-state index contributed by atoms with van der Waals surface area (Å²) in [5, 5.41) is 12.2. The van der Waals surface area contributed by atoms with Crippen molar-refractivity contribution in [2.24, 2.45) is 0 Å². The van der Waals surface area contributed by atoms with Gasteiger partial charge in [0.2, 0.25) is 5.91 Å². The number of H-pyrrole nitrogens is 1. The standard InChI is InChI=1S/C17H23N5O3S/c1-4-22-16(24)14(6-5-13-11(2)20-10-21-13)26-17(22)12(9-18)15(23)19-7-8-25-3/h10,14H,4-8H2,1-3H3,(H,19,23)(H,20,21)/b17-12-. The van der Waals surface area contributed by atoms with Crippen molar-refractivity contribution in [1.82, 2.24) is 20.2 Å². The van der Waals surface area contributed by atoms with E-state index in [0.717, 1.165) is 11.4 Å². The third-order valence-corrected chi connectivity index (χ3v) is 5.45. The molecule has 9 heteroatoms. The van der Waals surface area contributed by atoms with Crippen LogP contribution in [-0.4, -0.2) is 58.7 Å². The molecule has 140 valence electrons. The summed E-state index contributed by atoms with van der Waals surface area (Å²) >= 11 is 1.28. The molecule has 1 unspecified atom stereocenters. The van der Waals surface area contributed by atoms with E-state index in [1.54, 1.807) is 6.33 Å². The van der Waals surface area contributed by atoms with Gasteiger partial charge in [0.15, 0.2) is 0 Å². The van der Waals surface area contributed by atoms with Crippen molar-refractivity contribution in [3.8, 4) is 6.07 Å². The Kier molecular flexibility index (Phi) is 7.24. The molecule has 0 spiro atoms. The van der Waals surface area contributed by atoms with Crippen LogP contribution in [0.5, 0.6) is 0 Å². The summed E-state index contributed by atoms with van der Waals surface area (Å²) in [5.41, 5.74) is 1.88. The van der Waals surface area contributed by atoms with E-state index in [2.05, 4.69) is 15.3 Å². The van der Waals surface area contributed by atoms with Gasteiger partial charge >= 0.3 is 0 Å². The second-order valence-corrected chi connectivity index (χ2v) is 6.93. The zero-order valence-electron chi connectivity index (χ0n) is 15.2. The Morgan fingerprint density at radius 3 is 2.92 bits per heavy atom. The van der Waals surface area contributed by atoms with E-state index < -0.39 is 5.91 Å². The van der Waals surface area contributed by atoms with Crippen molar-refractivity contribution in [3.05, 3.63) is 28.3 Å². The number of imidazole rings is 1. The number of nitriles is 1. The summed E-state index contributed by atoms with van der Waals surface area (Å²) in [6.07, 6.45) is 2.89. The average molecular weight is 377 g/mol. The summed E-state index contributed by atoms with van der Waals surface area (Å²) < 4.78 is 4.89. The Labute approximate surface area is 157 Å². The monoisotopic (exact) mass is 377 g/mol. The lowest BCUT2D eigenvalue weighted by Crippen LogP contribution is -2.32. The molecule has 1 fully saturated rings. The van der Waals surface area contributed by atoms with E-state index in [4.69, 9.17) is 4.74 Å². The number of carbonyl (C=O) groups is 2. The van der Waals surface area contributed by atoms with Gasteiger partial charge < -0.3 is 19.9 Å². The van der Waals surface area contributed by atoms with Gasteiger partial charge in [-0.3, -0.25) is 9.59 Å². The van der Waals surface area contributed by atoms with Gasteiger partial charge in [-0.05, 0) is 26.7 Å². The smallest absolute Gasteiger partial charge is 0.264 e. The zero-order valence-corrected chi connectivity index (χ0v) is 16.0. The molecule has 8 nitrogen and oxygen atoms in total. The van der Waals surface area contributed by atoms with Crippen LogP contribution in [0.15, 0.2) is 16.9 Å². The van der Waals surface area contributed by atoms with Gasteiger partial charge in [-0.25, -0.2) is 4.98 Å². The second-order valence-electron chi connectivity index (χ2n) is 5.74. The van der Waals surface area contributed by atoms with Gasteiger partial charge in [-0.2, -0.15) is 5.26 Å². The number of thioether (sulfide) groups is 1. The van der Waals surface area contributed by atoms with Crippen LogP contribution < -0.4 is 5.32 Å². The van der Waals surface area contributed by atoms with Crippen molar-refractivity contribution in [1.29, 1.82) is 5.26 Å². The number of carbonyl (C=O) groups excluding carboxylic acids is 2. The summed E-state index contributed by atoms with van der Waals surface area (Å²) in [4.78, 5) is 33.8. The maximum absolute atomic E-state index is 12.7. The molecule has 0 aliphatic carbocycles. The second kappa shape index (κ2) is 9.40. The lowest BCUT2D eigenvalue weighted by atomic mass is 10.1. The number of aryl methyl sites for hydroxylation is 2. The molecule has 2 rings (SSSR count). The van der Waals surface area contributed by atoms with Crippen LogP contribution in [0.1, 0.15) is 24.7 Å². The molecule has 2 heterocycles. The number of ether oxygens (including phenoxy) is 1. The number of aromatic amines is 1. The van der Waals surface area contributed by atoms with Crippen LogP contribution in [0.2, 0.25) is 0 Å². The average Bonchev–Trinajstić information content (AvgIpc) is 3.17. The molecule has 0 aromatic carbocycles. The SMILES string of the molecule is CCN1C(=O)C(CCc2nc[nH]c2C)S/C1=C(/C#N)C(=O)NCCOC. The molecule has 1 atom stereocenters. The van der Waals surface area contributed by atoms with Gasteiger partial charge in [-0.15, -0.1) is 0 Å². The number of hydrogen-bond acceptors (Lipinski definition) is 6. The molecule has 2 N–H and O–H groups in total. The minimum Gasteiger partial charge on any atom is -0.383 e. The normalized spacial score (nSPS) is 18.8. The molecule has 1 aromatic rings. The Balaban J connectivity index is 2.14. The maximum Gasteiger partial charge on any atom is 0.264 e. The van der Waals surface area contributed by atoms with E-state index in [-0.39, 0.29) is 16.7 Å². The fourth-order valence-electron chi connectivity index (χ4n) is 2.66. The summed E-state index contributed by atoms with van der Waals surface area (Å²) in [5.74, 6) is -0.555. The maximum atomic E-state index is 12.7. The number of hydrogen-bond donors (Lipinski definition) is 2. The molecule has 26 heavy (non-hydrogen) atoms. The minimum absolute atomic E-state index is 0.0280. The van der Waals surface area contributed by atoms with Gasteiger partial charge in [0.25, 0.3) is 5.91 Å². The lowest BCUT2D eigenvalue weighted by molar-refractivity contribution is -0.127. The van der Waals surface area contributed by atoms with Gasteiger partial charge in [-0.1, -0.05) is 11.8 Å². The van der Waals surface area contributed by atoms with Crippen molar-refractivity contribution in [3.63, 3.8) is 0 Å². The number of nitrogens with one attached hydrogen (secondary N) is 2. The largest absolute Gasteiger partial charge is 0.383 e. The van der Waals surface area contributed by atoms with Crippen LogP contribution >= 0.6 is 11.8 Å². The molecule has 2 amide bonds. The Hall–Kier alpha value is -2.31. The van der Waals surface area contributed by atoms with Crippen molar-refractivity contribution < 1.29 is 14.3 Å². The highest BCUT2D eigenvalue weighted by molar-refractivity contribution is 8.04. The summed E-state index contributed by atoms with van der Waals surface area (Å²) in [6.45, 7) is 4.84. The molecule has 1 aliphatic rings. The summed E-state index contributed by atoms with van der Waals surface area (Å²) in [6, 6.07) is 1.95. The van der Waals surface area contributed by atoms with Gasteiger partial charge in [0.1, 0.15) is 16.7 Å². The Morgan fingerprint density at radius 1 is 1.58 bits per heavy atom. The van der Waals surface area contributed by atoms with E-state index in [1.165, 1.54) is 23.8 Å². The fourth-order valence-corrected chi connectivity index (χ4v) is 3.99. The first-order valence-electron chi connectivity index (χ1n) is 8.41. The first-order valence-corrected chi connectivity index (χ1v) is 9.29. The van der Waals surface area contributed by atoms with E-state index in [9.17, 15) is 14.9 Å². The third kappa shape index (κ3) is 4.45. The number of amides is 2. The predicted octanol–water partition coefficient (Wildman–Crippen LogP) is 1.11. The molecule has 1 aromatic heterocycles. The summed E-state index contributed by atoms with van der Waals surface area (Å²) in [7, 11) is 1.53. The number of nitrogens with zero attached hydrogens (tertiary/aromatic N) is 3. The fraction of sp³-hybridized carbons (Fsp3) is 0.529. The van der Waals surface area contributed by atoms with Crippen molar-refractivity contribution in [2.45, 2.75) is 31.9 Å². The lowest BCUT2D eigenvalue weighted by Gasteiger charge is -2.15. The highest BCUT2D eigenvalue weighted by Crippen LogP contribution is 2.39. The highest BCUT2D eigenvalue weighted by atomic mass is 32.2. The quantitative estimate of drug-likeness (QED) is 0.399. The molecular weight excluding hydrogens is 354 g/mol.